The summed E-state index contributed by atoms with van der Waals surface area (Å²) < 4.78 is 33.4. The first kappa shape index (κ1) is 15.2. The molecular formula is C12H25N3O3S. The molecule has 2 heterocycles. The van der Waals surface area contributed by atoms with E-state index in [4.69, 9.17) is 4.74 Å². The van der Waals surface area contributed by atoms with Crippen LogP contribution in [0.1, 0.15) is 19.3 Å². The average molecular weight is 291 g/mol. The van der Waals surface area contributed by atoms with Crippen LogP contribution in [0.4, 0.5) is 0 Å². The van der Waals surface area contributed by atoms with Crippen LogP contribution in [0, 0.1) is 5.92 Å². The fourth-order valence-electron chi connectivity index (χ4n) is 2.81. The topological polar surface area (TPSA) is 61.9 Å². The van der Waals surface area contributed by atoms with Crippen LogP contribution in [0.3, 0.4) is 0 Å². The molecule has 2 aliphatic heterocycles. The molecule has 0 aromatic heterocycles. The van der Waals surface area contributed by atoms with Crippen molar-refractivity contribution in [1.29, 1.82) is 0 Å². The molecule has 6 nitrogen and oxygen atoms in total. The van der Waals surface area contributed by atoms with Gasteiger partial charge in [-0.1, -0.05) is 0 Å². The molecular weight excluding hydrogens is 266 g/mol. The van der Waals surface area contributed by atoms with Gasteiger partial charge in [0.25, 0.3) is 10.2 Å². The number of rotatable bonds is 5. The van der Waals surface area contributed by atoms with Crippen LogP contribution >= 0.6 is 0 Å². The van der Waals surface area contributed by atoms with Crippen molar-refractivity contribution in [3.63, 3.8) is 0 Å². The maximum absolute atomic E-state index is 12.5. The lowest BCUT2D eigenvalue weighted by Crippen LogP contribution is -2.49. The number of hydrogen-bond acceptors (Lipinski definition) is 4. The Morgan fingerprint density at radius 1 is 1.32 bits per heavy atom. The summed E-state index contributed by atoms with van der Waals surface area (Å²) in [4.78, 5) is 0. The second-order valence-electron chi connectivity index (χ2n) is 5.44. The largest absolute Gasteiger partial charge is 0.380 e. The molecule has 2 aliphatic rings. The van der Waals surface area contributed by atoms with Gasteiger partial charge in [0, 0.05) is 26.7 Å². The van der Waals surface area contributed by atoms with E-state index in [-0.39, 0.29) is 6.04 Å². The fourth-order valence-corrected chi connectivity index (χ4v) is 4.39. The van der Waals surface area contributed by atoms with Crippen LogP contribution in [0.5, 0.6) is 0 Å². The molecule has 0 aliphatic carbocycles. The van der Waals surface area contributed by atoms with E-state index in [2.05, 4.69) is 5.32 Å². The smallest absolute Gasteiger partial charge is 0.282 e. The SMILES string of the molecule is CNCC1CCN(S(=O)(=O)N(C)C2CCOC2)CC1. The van der Waals surface area contributed by atoms with E-state index in [0.717, 1.165) is 25.8 Å². The molecule has 19 heavy (non-hydrogen) atoms. The summed E-state index contributed by atoms with van der Waals surface area (Å²) in [6, 6.07) is 0.0000296. The Morgan fingerprint density at radius 2 is 2.00 bits per heavy atom. The van der Waals surface area contributed by atoms with Gasteiger partial charge in [0.05, 0.1) is 12.6 Å². The normalized spacial score (nSPS) is 27.2. The molecule has 0 amide bonds. The van der Waals surface area contributed by atoms with Crippen molar-refractivity contribution in [2.75, 3.05) is 46.9 Å². The number of nitrogens with zero attached hydrogens (tertiary/aromatic N) is 2. The van der Waals surface area contributed by atoms with Gasteiger partial charge in [0.1, 0.15) is 0 Å². The van der Waals surface area contributed by atoms with Gasteiger partial charge in [-0.25, -0.2) is 0 Å². The summed E-state index contributed by atoms with van der Waals surface area (Å²) in [6.07, 6.45) is 2.68. The highest BCUT2D eigenvalue weighted by molar-refractivity contribution is 7.86. The second-order valence-corrected chi connectivity index (χ2v) is 7.43. The molecule has 0 spiro atoms. The molecule has 112 valence electrons. The first-order chi connectivity index (χ1) is 9.05. The Labute approximate surface area is 116 Å². The molecule has 0 bridgehead atoms. The Hall–Kier alpha value is -0.210. The Morgan fingerprint density at radius 3 is 2.53 bits per heavy atom. The van der Waals surface area contributed by atoms with Crippen LogP contribution in [0.25, 0.3) is 0 Å². The monoisotopic (exact) mass is 291 g/mol. The molecule has 7 heteroatoms. The standard InChI is InChI=1S/C12H25N3O3S/c1-13-9-11-3-6-15(7-4-11)19(16,17)14(2)12-5-8-18-10-12/h11-13H,3-10H2,1-2H3. The zero-order valence-electron chi connectivity index (χ0n) is 11.8. The zero-order chi connectivity index (χ0) is 13.9. The highest BCUT2D eigenvalue weighted by Gasteiger charge is 2.35. The van der Waals surface area contributed by atoms with Crippen LogP contribution in [0.2, 0.25) is 0 Å². The van der Waals surface area contributed by atoms with E-state index in [1.165, 1.54) is 4.31 Å². The molecule has 1 unspecified atom stereocenters. The van der Waals surface area contributed by atoms with E-state index in [1.807, 2.05) is 7.05 Å². The highest BCUT2D eigenvalue weighted by atomic mass is 32.2. The third-order valence-corrected chi connectivity index (χ3v) is 6.22. The number of nitrogens with one attached hydrogen (secondary N) is 1. The summed E-state index contributed by atoms with van der Waals surface area (Å²) in [6.45, 7) is 3.42. The van der Waals surface area contributed by atoms with Crippen LogP contribution in [-0.2, 0) is 14.9 Å². The Kier molecular flexibility index (Phi) is 5.19. The van der Waals surface area contributed by atoms with Gasteiger partial charge < -0.3 is 10.1 Å². The van der Waals surface area contributed by atoms with Gasteiger partial charge in [0.15, 0.2) is 0 Å². The van der Waals surface area contributed by atoms with Crippen molar-refractivity contribution < 1.29 is 13.2 Å². The summed E-state index contributed by atoms with van der Waals surface area (Å²) in [7, 11) is 0.299. The third kappa shape index (κ3) is 3.46. The van der Waals surface area contributed by atoms with Gasteiger partial charge in [-0.05, 0) is 38.8 Å². The van der Waals surface area contributed by atoms with Crippen molar-refractivity contribution >= 4 is 10.2 Å². The number of piperidine rings is 1. The summed E-state index contributed by atoms with van der Waals surface area (Å²) >= 11 is 0. The van der Waals surface area contributed by atoms with E-state index in [9.17, 15) is 8.42 Å². The molecule has 2 rings (SSSR count). The molecule has 2 fully saturated rings. The lowest BCUT2D eigenvalue weighted by atomic mass is 9.98. The number of hydrogen-bond donors (Lipinski definition) is 1. The fraction of sp³-hybridized carbons (Fsp3) is 1.00. The van der Waals surface area contributed by atoms with Crippen LogP contribution in [-0.4, -0.2) is 70.0 Å². The maximum Gasteiger partial charge on any atom is 0.282 e. The number of ether oxygens (including phenoxy) is 1. The van der Waals surface area contributed by atoms with Gasteiger partial charge in [0.2, 0.25) is 0 Å². The minimum absolute atomic E-state index is 0.0000296. The van der Waals surface area contributed by atoms with Gasteiger partial charge in [-0.15, -0.1) is 0 Å². The molecule has 1 atom stereocenters. The first-order valence-electron chi connectivity index (χ1n) is 7.01. The predicted molar refractivity (Wildman–Crippen MR) is 74.1 cm³/mol. The molecule has 0 saturated carbocycles. The van der Waals surface area contributed by atoms with Crippen LogP contribution < -0.4 is 5.32 Å². The van der Waals surface area contributed by atoms with Crippen molar-refractivity contribution in [1.82, 2.24) is 13.9 Å². The predicted octanol–water partition coefficient (Wildman–Crippen LogP) is -0.117. The van der Waals surface area contributed by atoms with Gasteiger partial charge in [-0.2, -0.15) is 17.0 Å². The van der Waals surface area contributed by atoms with Gasteiger partial charge in [-0.3, -0.25) is 0 Å². The molecule has 0 radical (unpaired) electrons. The first-order valence-corrected chi connectivity index (χ1v) is 8.41. The van der Waals surface area contributed by atoms with E-state index in [1.54, 1.807) is 11.4 Å². The second kappa shape index (κ2) is 6.49. The molecule has 0 aromatic rings. The molecule has 1 N–H and O–H groups in total. The number of likely N-dealkylation sites (N-methyl/N-ethyl adjacent to an activating group) is 1. The van der Waals surface area contributed by atoms with Crippen molar-refractivity contribution in [2.24, 2.45) is 5.92 Å². The Bertz CT molecular complexity index is 374. The molecule has 0 aromatic carbocycles. The lowest BCUT2D eigenvalue weighted by Gasteiger charge is -2.35. The Balaban J connectivity index is 1.93. The van der Waals surface area contributed by atoms with Crippen molar-refractivity contribution in [3.05, 3.63) is 0 Å². The lowest BCUT2D eigenvalue weighted by molar-refractivity contribution is 0.177. The summed E-state index contributed by atoms with van der Waals surface area (Å²) in [5, 5.41) is 3.16. The minimum atomic E-state index is -3.32. The molecule has 2 saturated heterocycles. The van der Waals surface area contributed by atoms with Crippen molar-refractivity contribution in [3.8, 4) is 0 Å². The van der Waals surface area contributed by atoms with Crippen molar-refractivity contribution in [2.45, 2.75) is 25.3 Å². The van der Waals surface area contributed by atoms with E-state index in [0.29, 0.717) is 32.2 Å². The minimum Gasteiger partial charge on any atom is -0.380 e. The van der Waals surface area contributed by atoms with Gasteiger partial charge >= 0.3 is 0 Å². The quantitative estimate of drug-likeness (QED) is 0.767. The van der Waals surface area contributed by atoms with E-state index >= 15 is 0 Å². The highest BCUT2D eigenvalue weighted by Crippen LogP contribution is 2.23. The summed E-state index contributed by atoms with van der Waals surface area (Å²) in [5.74, 6) is 0.594. The van der Waals surface area contributed by atoms with E-state index < -0.39 is 10.2 Å². The third-order valence-electron chi connectivity index (χ3n) is 4.18. The van der Waals surface area contributed by atoms with Crippen LogP contribution in [0.15, 0.2) is 0 Å². The zero-order valence-corrected chi connectivity index (χ0v) is 12.7. The maximum atomic E-state index is 12.5. The average Bonchev–Trinajstić information content (AvgIpc) is 2.92. The summed E-state index contributed by atoms with van der Waals surface area (Å²) in [5.41, 5.74) is 0.